The summed E-state index contributed by atoms with van der Waals surface area (Å²) in [5.74, 6) is 0.725. The van der Waals surface area contributed by atoms with E-state index in [2.05, 4.69) is 10.4 Å². The minimum Gasteiger partial charge on any atom is -0.470 e. The number of aryl methyl sites for hydroxylation is 3. The third-order valence-corrected chi connectivity index (χ3v) is 5.42. The van der Waals surface area contributed by atoms with Gasteiger partial charge in [-0.2, -0.15) is 5.10 Å². The zero-order valence-corrected chi connectivity index (χ0v) is 20.6. The van der Waals surface area contributed by atoms with Crippen LogP contribution in [0.1, 0.15) is 27.2 Å². The first-order chi connectivity index (χ1) is 17.2. The third-order valence-electron chi connectivity index (χ3n) is 5.10. The number of rotatable bonds is 8. The van der Waals surface area contributed by atoms with Gasteiger partial charge < -0.3 is 14.8 Å². The van der Waals surface area contributed by atoms with E-state index in [9.17, 15) is 14.9 Å². The maximum absolute atomic E-state index is 12.8. The van der Waals surface area contributed by atoms with Crippen LogP contribution in [0.3, 0.4) is 0 Å². The molecule has 36 heavy (non-hydrogen) atoms. The van der Waals surface area contributed by atoms with Gasteiger partial charge in [0.2, 0.25) is 0 Å². The molecule has 9 nitrogen and oxygen atoms in total. The SMILES string of the molecule is Cc1cc(C)cc(Oc2cc(NC(=O)c3ccn(COc4cc(C)ccc4Cl)n3)cc([N+](=O)[O-])c2)c1. The molecule has 4 rings (SSSR count). The van der Waals surface area contributed by atoms with Crippen LogP contribution in [0.5, 0.6) is 17.2 Å². The second-order valence-corrected chi connectivity index (χ2v) is 8.71. The maximum Gasteiger partial charge on any atom is 0.276 e. The zero-order chi connectivity index (χ0) is 25.8. The summed E-state index contributed by atoms with van der Waals surface area (Å²) in [6.45, 7) is 5.82. The van der Waals surface area contributed by atoms with Gasteiger partial charge >= 0.3 is 0 Å². The summed E-state index contributed by atoms with van der Waals surface area (Å²) in [5, 5.41) is 18.8. The number of carbonyl (C=O) groups excluding carboxylic acids is 1. The lowest BCUT2D eigenvalue weighted by Gasteiger charge is -2.10. The Hall–Kier alpha value is -4.37. The molecule has 0 saturated carbocycles. The molecule has 184 valence electrons. The molecular weight excluding hydrogens is 484 g/mol. The van der Waals surface area contributed by atoms with Crippen LogP contribution in [0.4, 0.5) is 11.4 Å². The van der Waals surface area contributed by atoms with Gasteiger partial charge in [0, 0.05) is 18.3 Å². The van der Waals surface area contributed by atoms with Crippen molar-refractivity contribution < 1.29 is 19.2 Å². The Kier molecular flexibility index (Phi) is 7.21. The highest BCUT2D eigenvalue weighted by Crippen LogP contribution is 2.31. The number of hydrogen-bond acceptors (Lipinski definition) is 6. The van der Waals surface area contributed by atoms with Crippen molar-refractivity contribution in [2.45, 2.75) is 27.5 Å². The van der Waals surface area contributed by atoms with Gasteiger partial charge in [0.15, 0.2) is 12.4 Å². The molecule has 0 aliphatic carbocycles. The third kappa shape index (κ3) is 6.19. The summed E-state index contributed by atoms with van der Waals surface area (Å²) in [7, 11) is 0. The summed E-state index contributed by atoms with van der Waals surface area (Å²) >= 11 is 6.15. The number of halogens is 1. The topological polar surface area (TPSA) is 109 Å². The molecule has 1 aromatic heterocycles. The quantitative estimate of drug-likeness (QED) is 0.217. The van der Waals surface area contributed by atoms with E-state index in [-0.39, 0.29) is 29.5 Å². The number of nitro benzene ring substituents is 1. The van der Waals surface area contributed by atoms with Crippen LogP contribution in [0, 0.1) is 30.9 Å². The van der Waals surface area contributed by atoms with Crippen LogP contribution >= 0.6 is 11.6 Å². The molecule has 0 radical (unpaired) electrons. The second kappa shape index (κ2) is 10.5. The van der Waals surface area contributed by atoms with Crippen LogP contribution in [-0.4, -0.2) is 20.6 Å². The highest BCUT2D eigenvalue weighted by atomic mass is 35.5. The van der Waals surface area contributed by atoms with Crippen molar-refractivity contribution in [3.05, 3.63) is 104 Å². The van der Waals surface area contributed by atoms with Crippen molar-refractivity contribution in [3.8, 4) is 17.2 Å². The number of carbonyl (C=O) groups is 1. The standard InChI is InChI=1S/C26H23ClN4O5/c1-16-4-5-23(27)25(11-16)35-15-30-7-6-24(29-30)26(32)28-19-12-20(31(33)34)14-22(13-19)36-21-9-17(2)8-18(3)10-21/h4-14H,15H2,1-3H3,(H,28,32). The van der Waals surface area contributed by atoms with Gasteiger partial charge in [0.25, 0.3) is 11.6 Å². The van der Waals surface area contributed by atoms with Crippen LogP contribution in [0.25, 0.3) is 0 Å². The fourth-order valence-electron chi connectivity index (χ4n) is 3.55. The number of ether oxygens (including phenoxy) is 2. The van der Waals surface area contributed by atoms with Gasteiger partial charge in [-0.05, 0) is 67.8 Å². The number of nitro groups is 1. The number of nitrogens with one attached hydrogen (secondary N) is 1. The van der Waals surface area contributed by atoms with Gasteiger partial charge in [-0.15, -0.1) is 0 Å². The average molecular weight is 507 g/mol. The lowest BCUT2D eigenvalue weighted by molar-refractivity contribution is -0.384. The summed E-state index contributed by atoms with van der Waals surface area (Å²) < 4.78 is 13.0. The van der Waals surface area contributed by atoms with Crippen molar-refractivity contribution in [3.63, 3.8) is 0 Å². The zero-order valence-electron chi connectivity index (χ0n) is 19.8. The van der Waals surface area contributed by atoms with Gasteiger partial charge in [-0.1, -0.05) is 23.7 Å². The van der Waals surface area contributed by atoms with E-state index >= 15 is 0 Å². The molecule has 10 heteroatoms. The lowest BCUT2D eigenvalue weighted by Crippen LogP contribution is -2.14. The normalized spacial score (nSPS) is 10.7. The second-order valence-electron chi connectivity index (χ2n) is 8.30. The number of hydrogen-bond donors (Lipinski definition) is 1. The predicted octanol–water partition coefficient (Wildman–Crippen LogP) is 6.45. The summed E-state index contributed by atoms with van der Waals surface area (Å²) in [6, 6.07) is 16.6. The van der Waals surface area contributed by atoms with Crippen molar-refractivity contribution in [2.24, 2.45) is 0 Å². The molecule has 1 N–H and O–H groups in total. The number of anilines is 1. The van der Waals surface area contributed by atoms with Crippen molar-refractivity contribution >= 4 is 28.9 Å². The molecule has 0 unspecified atom stereocenters. The molecule has 4 aromatic rings. The largest absolute Gasteiger partial charge is 0.470 e. The van der Waals surface area contributed by atoms with Gasteiger partial charge in [-0.25, -0.2) is 4.68 Å². The van der Waals surface area contributed by atoms with Gasteiger partial charge in [0.1, 0.15) is 17.2 Å². The number of aromatic nitrogens is 2. The smallest absolute Gasteiger partial charge is 0.276 e. The first-order valence-electron chi connectivity index (χ1n) is 11.0. The fourth-order valence-corrected chi connectivity index (χ4v) is 3.73. The van der Waals surface area contributed by atoms with E-state index < -0.39 is 10.8 Å². The van der Waals surface area contributed by atoms with Crippen molar-refractivity contribution in [2.75, 3.05) is 5.32 Å². The van der Waals surface area contributed by atoms with Crippen LogP contribution < -0.4 is 14.8 Å². The minimum absolute atomic E-state index is 0.0428. The molecule has 0 bridgehead atoms. The monoisotopic (exact) mass is 506 g/mol. The minimum atomic E-state index is -0.549. The van der Waals surface area contributed by atoms with E-state index in [1.54, 1.807) is 18.3 Å². The van der Waals surface area contributed by atoms with Gasteiger partial charge in [-0.3, -0.25) is 14.9 Å². The Balaban J connectivity index is 1.48. The summed E-state index contributed by atoms with van der Waals surface area (Å²) in [6.07, 6.45) is 1.58. The Labute approximate surface area is 212 Å². The van der Waals surface area contributed by atoms with Crippen molar-refractivity contribution in [1.29, 1.82) is 0 Å². The molecule has 0 atom stereocenters. The molecule has 0 saturated heterocycles. The van der Waals surface area contributed by atoms with Crippen LogP contribution in [0.15, 0.2) is 66.9 Å². The highest BCUT2D eigenvalue weighted by Gasteiger charge is 2.16. The van der Waals surface area contributed by atoms with Gasteiger partial charge in [0.05, 0.1) is 21.7 Å². The molecule has 0 aliphatic rings. The van der Waals surface area contributed by atoms with E-state index in [1.807, 2.05) is 45.0 Å². The van der Waals surface area contributed by atoms with Crippen LogP contribution in [-0.2, 0) is 6.73 Å². The van der Waals surface area contributed by atoms with E-state index in [0.717, 1.165) is 16.7 Å². The molecule has 0 spiro atoms. The Morgan fingerprint density at radius 3 is 2.44 bits per heavy atom. The molecule has 1 amide bonds. The van der Waals surface area contributed by atoms with Crippen LogP contribution in [0.2, 0.25) is 5.02 Å². The van der Waals surface area contributed by atoms with E-state index in [4.69, 9.17) is 21.1 Å². The molecule has 0 aliphatic heterocycles. The molecule has 1 heterocycles. The van der Waals surface area contributed by atoms with E-state index in [0.29, 0.717) is 16.5 Å². The first-order valence-corrected chi connectivity index (χ1v) is 11.3. The first kappa shape index (κ1) is 24.7. The summed E-state index contributed by atoms with van der Waals surface area (Å²) in [4.78, 5) is 23.7. The van der Waals surface area contributed by atoms with E-state index in [1.165, 1.54) is 28.9 Å². The Morgan fingerprint density at radius 2 is 1.72 bits per heavy atom. The number of benzene rings is 3. The van der Waals surface area contributed by atoms with Crippen molar-refractivity contribution in [1.82, 2.24) is 9.78 Å². The fraction of sp³-hybridized carbons (Fsp3) is 0.154. The summed E-state index contributed by atoms with van der Waals surface area (Å²) in [5.41, 5.74) is 3.07. The lowest BCUT2D eigenvalue weighted by atomic mass is 10.1. The number of non-ortho nitro benzene ring substituents is 1. The molecule has 0 fully saturated rings. The Morgan fingerprint density at radius 1 is 1.00 bits per heavy atom. The molecular formula is C26H23ClN4O5. The molecule has 3 aromatic carbocycles. The highest BCUT2D eigenvalue weighted by molar-refractivity contribution is 6.32. The maximum atomic E-state index is 12.8. The Bertz CT molecular complexity index is 1430. The predicted molar refractivity (Wildman–Crippen MR) is 136 cm³/mol. The number of amides is 1. The average Bonchev–Trinajstić information content (AvgIpc) is 3.28. The number of nitrogens with zero attached hydrogens (tertiary/aromatic N) is 3.